The third-order valence-electron chi connectivity index (χ3n) is 2.96. The quantitative estimate of drug-likeness (QED) is 0.872. The Hall–Kier alpha value is -1.63. The number of aliphatic carboxylic acids is 1. The van der Waals surface area contributed by atoms with Crippen LogP contribution in [-0.4, -0.2) is 40.1 Å². The summed E-state index contributed by atoms with van der Waals surface area (Å²) >= 11 is 1.44. The number of carboxylic acids is 1. The SMILES string of the molecule is CCc1nc(NC(=O)N2CC(C(=O)O)C2)sc1C. The fourth-order valence-electron chi connectivity index (χ4n) is 1.78. The molecule has 0 radical (unpaired) electrons. The number of anilines is 1. The van der Waals surface area contributed by atoms with E-state index in [2.05, 4.69) is 10.3 Å². The first-order valence-electron chi connectivity index (χ1n) is 5.76. The van der Waals surface area contributed by atoms with Crippen molar-refractivity contribution in [2.24, 2.45) is 5.92 Å². The molecule has 2 N–H and O–H groups in total. The number of nitrogens with one attached hydrogen (secondary N) is 1. The molecule has 0 bridgehead atoms. The van der Waals surface area contributed by atoms with E-state index in [1.807, 2.05) is 13.8 Å². The summed E-state index contributed by atoms with van der Waals surface area (Å²) in [5.41, 5.74) is 0.988. The fourth-order valence-corrected chi connectivity index (χ4v) is 2.67. The Bertz CT molecular complexity index is 480. The molecule has 7 heteroatoms. The molecule has 98 valence electrons. The van der Waals surface area contributed by atoms with Crippen LogP contribution in [-0.2, 0) is 11.2 Å². The Labute approximate surface area is 109 Å². The van der Waals surface area contributed by atoms with E-state index in [1.54, 1.807) is 0 Å². The summed E-state index contributed by atoms with van der Waals surface area (Å²) in [6.07, 6.45) is 0.836. The van der Waals surface area contributed by atoms with Crippen molar-refractivity contribution in [3.63, 3.8) is 0 Å². The smallest absolute Gasteiger partial charge is 0.323 e. The predicted molar refractivity (Wildman–Crippen MR) is 67.9 cm³/mol. The Balaban J connectivity index is 1.90. The van der Waals surface area contributed by atoms with Crippen molar-refractivity contribution in [1.82, 2.24) is 9.88 Å². The van der Waals surface area contributed by atoms with Gasteiger partial charge in [0, 0.05) is 18.0 Å². The van der Waals surface area contributed by atoms with Gasteiger partial charge in [-0.1, -0.05) is 6.92 Å². The van der Waals surface area contributed by atoms with E-state index < -0.39 is 11.9 Å². The molecule has 0 atom stereocenters. The van der Waals surface area contributed by atoms with Crippen molar-refractivity contribution < 1.29 is 14.7 Å². The van der Waals surface area contributed by atoms with Gasteiger partial charge in [-0.25, -0.2) is 9.78 Å². The van der Waals surface area contributed by atoms with E-state index in [1.165, 1.54) is 16.2 Å². The minimum atomic E-state index is -0.850. The Morgan fingerprint density at radius 2 is 2.22 bits per heavy atom. The van der Waals surface area contributed by atoms with Crippen LogP contribution in [0.1, 0.15) is 17.5 Å². The number of amides is 2. The summed E-state index contributed by atoms with van der Waals surface area (Å²) in [6.45, 7) is 4.52. The maximum absolute atomic E-state index is 11.8. The molecule has 2 heterocycles. The van der Waals surface area contributed by atoms with Gasteiger partial charge in [0.1, 0.15) is 0 Å². The molecule has 1 saturated heterocycles. The van der Waals surface area contributed by atoms with Gasteiger partial charge in [-0.05, 0) is 13.3 Å². The van der Waals surface area contributed by atoms with E-state index in [9.17, 15) is 9.59 Å². The number of carbonyl (C=O) groups is 2. The van der Waals surface area contributed by atoms with E-state index >= 15 is 0 Å². The lowest BCUT2D eigenvalue weighted by Gasteiger charge is -2.36. The van der Waals surface area contributed by atoms with Gasteiger partial charge in [0.25, 0.3) is 0 Å². The number of urea groups is 1. The number of rotatable bonds is 3. The van der Waals surface area contributed by atoms with Crippen LogP contribution in [0.25, 0.3) is 0 Å². The zero-order valence-corrected chi connectivity index (χ0v) is 11.1. The molecule has 0 aliphatic carbocycles. The number of thiazole rings is 1. The topological polar surface area (TPSA) is 82.5 Å². The highest BCUT2D eigenvalue weighted by Crippen LogP contribution is 2.24. The number of hydrogen-bond acceptors (Lipinski definition) is 4. The van der Waals surface area contributed by atoms with E-state index in [-0.39, 0.29) is 19.1 Å². The molecule has 2 rings (SSSR count). The van der Waals surface area contributed by atoms with Crippen LogP contribution < -0.4 is 5.32 Å². The van der Waals surface area contributed by atoms with Gasteiger partial charge in [-0.15, -0.1) is 11.3 Å². The molecule has 0 aromatic carbocycles. The van der Waals surface area contributed by atoms with Crippen molar-refractivity contribution >= 4 is 28.5 Å². The van der Waals surface area contributed by atoms with Crippen LogP contribution in [0.2, 0.25) is 0 Å². The zero-order chi connectivity index (χ0) is 13.3. The molecular weight excluding hydrogens is 254 g/mol. The molecule has 1 aromatic rings. The molecule has 1 aliphatic rings. The minimum Gasteiger partial charge on any atom is -0.481 e. The number of hydrogen-bond donors (Lipinski definition) is 2. The van der Waals surface area contributed by atoms with Gasteiger partial charge in [0.2, 0.25) is 0 Å². The maximum Gasteiger partial charge on any atom is 0.323 e. The van der Waals surface area contributed by atoms with Crippen LogP contribution in [0, 0.1) is 12.8 Å². The number of carboxylic acid groups (broad SMARTS) is 1. The Kier molecular flexibility index (Phi) is 3.51. The lowest BCUT2D eigenvalue weighted by Crippen LogP contribution is -2.54. The Morgan fingerprint density at radius 1 is 1.56 bits per heavy atom. The third kappa shape index (κ3) is 2.45. The van der Waals surface area contributed by atoms with Gasteiger partial charge in [0.05, 0.1) is 11.6 Å². The van der Waals surface area contributed by atoms with E-state index in [0.717, 1.165) is 17.0 Å². The van der Waals surface area contributed by atoms with Crippen LogP contribution in [0.3, 0.4) is 0 Å². The number of carbonyl (C=O) groups excluding carboxylic acids is 1. The van der Waals surface area contributed by atoms with Crippen molar-refractivity contribution in [2.75, 3.05) is 18.4 Å². The Morgan fingerprint density at radius 3 is 2.72 bits per heavy atom. The van der Waals surface area contributed by atoms with Crippen LogP contribution in [0.15, 0.2) is 0 Å². The van der Waals surface area contributed by atoms with E-state index in [4.69, 9.17) is 5.11 Å². The second-order valence-corrected chi connectivity index (χ2v) is 5.45. The summed E-state index contributed by atoms with van der Waals surface area (Å²) in [5, 5.41) is 12.0. The van der Waals surface area contributed by atoms with Crippen molar-refractivity contribution in [1.29, 1.82) is 0 Å². The second kappa shape index (κ2) is 4.93. The zero-order valence-electron chi connectivity index (χ0n) is 10.3. The number of aromatic nitrogens is 1. The standard InChI is InChI=1S/C11H15N3O3S/c1-3-8-6(2)18-10(12-8)13-11(17)14-4-7(5-14)9(15)16/h7H,3-5H2,1-2H3,(H,15,16)(H,12,13,17). The van der Waals surface area contributed by atoms with Gasteiger partial charge < -0.3 is 10.0 Å². The highest BCUT2D eigenvalue weighted by atomic mass is 32.1. The molecule has 0 saturated carbocycles. The summed E-state index contributed by atoms with van der Waals surface area (Å²) in [5.74, 6) is -1.28. The summed E-state index contributed by atoms with van der Waals surface area (Å²) < 4.78 is 0. The monoisotopic (exact) mass is 269 g/mol. The molecule has 0 spiro atoms. The number of aryl methyl sites for hydroxylation is 2. The largest absolute Gasteiger partial charge is 0.481 e. The molecule has 2 amide bonds. The van der Waals surface area contributed by atoms with Crippen molar-refractivity contribution in [3.8, 4) is 0 Å². The average Bonchev–Trinajstić information content (AvgIpc) is 2.55. The molecular formula is C11H15N3O3S. The highest BCUT2D eigenvalue weighted by molar-refractivity contribution is 7.15. The second-order valence-electron chi connectivity index (χ2n) is 4.25. The van der Waals surface area contributed by atoms with Gasteiger partial charge in [-0.2, -0.15) is 0 Å². The van der Waals surface area contributed by atoms with Crippen LogP contribution in [0.5, 0.6) is 0 Å². The summed E-state index contributed by atoms with van der Waals surface area (Å²) in [4.78, 5) is 29.3. The van der Waals surface area contributed by atoms with Gasteiger partial charge in [-0.3, -0.25) is 10.1 Å². The average molecular weight is 269 g/mol. The summed E-state index contributed by atoms with van der Waals surface area (Å²) in [7, 11) is 0. The first-order valence-corrected chi connectivity index (χ1v) is 6.58. The minimum absolute atomic E-state index is 0.270. The normalized spacial score (nSPS) is 15.3. The molecule has 18 heavy (non-hydrogen) atoms. The lowest BCUT2D eigenvalue weighted by atomic mass is 10.0. The van der Waals surface area contributed by atoms with Crippen molar-refractivity contribution in [3.05, 3.63) is 10.6 Å². The van der Waals surface area contributed by atoms with Gasteiger partial charge >= 0.3 is 12.0 Å². The molecule has 1 fully saturated rings. The molecule has 6 nitrogen and oxygen atoms in total. The third-order valence-corrected chi connectivity index (χ3v) is 3.89. The highest BCUT2D eigenvalue weighted by Gasteiger charge is 2.35. The van der Waals surface area contributed by atoms with E-state index in [0.29, 0.717) is 5.13 Å². The van der Waals surface area contributed by atoms with Crippen molar-refractivity contribution in [2.45, 2.75) is 20.3 Å². The predicted octanol–water partition coefficient (Wildman–Crippen LogP) is 1.56. The fraction of sp³-hybridized carbons (Fsp3) is 0.545. The first kappa shape index (κ1) is 12.8. The first-order chi connectivity index (χ1) is 8.51. The maximum atomic E-state index is 11.8. The molecule has 1 aromatic heterocycles. The molecule has 0 unspecified atom stereocenters. The summed E-state index contributed by atoms with van der Waals surface area (Å²) in [6, 6.07) is -0.274. The number of likely N-dealkylation sites (tertiary alicyclic amines) is 1. The number of nitrogens with zero attached hydrogens (tertiary/aromatic N) is 2. The van der Waals surface area contributed by atoms with Crippen LogP contribution in [0.4, 0.5) is 9.93 Å². The van der Waals surface area contributed by atoms with Gasteiger partial charge in [0.15, 0.2) is 5.13 Å². The molecule has 1 aliphatic heterocycles. The van der Waals surface area contributed by atoms with Crippen LogP contribution >= 0.6 is 11.3 Å². The lowest BCUT2D eigenvalue weighted by molar-refractivity contribution is -0.145.